The van der Waals surface area contributed by atoms with Crippen LogP contribution in [0.25, 0.3) is 6.08 Å². The monoisotopic (exact) mass is 189 g/mol. The number of hydrogen-bond acceptors (Lipinski definition) is 2. The summed E-state index contributed by atoms with van der Waals surface area (Å²) in [7, 11) is 0. The van der Waals surface area contributed by atoms with Crippen LogP contribution in [0.1, 0.15) is 29.2 Å². The van der Waals surface area contributed by atoms with Gasteiger partial charge in [0.1, 0.15) is 0 Å². The zero-order valence-corrected chi connectivity index (χ0v) is 8.11. The van der Waals surface area contributed by atoms with Crippen molar-refractivity contribution >= 4 is 6.08 Å². The van der Waals surface area contributed by atoms with Crippen molar-refractivity contribution in [2.45, 2.75) is 18.9 Å². The lowest BCUT2D eigenvalue weighted by atomic mass is 10.00. The molecule has 0 fully saturated rings. The number of nitrogens with two attached hydrogens (primary N) is 1. The molecule has 0 bridgehead atoms. The summed E-state index contributed by atoms with van der Waals surface area (Å²) in [6, 6.07) is 6.27. The number of rotatable bonds is 3. The second-order valence-corrected chi connectivity index (χ2v) is 3.68. The average Bonchev–Trinajstić information content (AvgIpc) is 2.64. The summed E-state index contributed by atoms with van der Waals surface area (Å²) in [4.78, 5) is 0. The molecule has 14 heavy (non-hydrogen) atoms. The lowest BCUT2D eigenvalue weighted by molar-refractivity contribution is 0.276. The highest BCUT2D eigenvalue weighted by molar-refractivity contribution is 5.60. The Morgan fingerprint density at radius 2 is 2.29 bits per heavy atom. The maximum absolute atomic E-state index is 8.80. The van der Waals surface area contributed by atoms with Gasteiger partial charge in [-0.2, -0.15) is 0 Å². The number of benzene rings is 1. The fraction of sp³-hybridized carbons (Fsp3) is 0.333. The van der Waals surface area contributed by atoms with Crippen molar-refractivity contribution in [2.24, 2.45) is 5.73 Å². The van der Waals surface area contributed by atoms with Gasteiger partial charge in [0.2, 0.25) is 0 Å². The summed E-state index contributed by atoms with van der Waals surface area (Å²) < 4.78 is 0. The van der Waals surface area contributed by atoms with Gasteiger partial charge in [-0.15, -0.1) is 0 Å². The van der Waals surface area contributed by atoms with Crippen LogP contribution in [0.15, 0.2) is 24.3 Å². The van der Waals surface area contributed by atoms with Gasteiger partial charge in [0.05, 0.1) is 0 Å². The topological polar surface area (TPSA) is 46.2 Å². The van der Waals surface area contributed by atoms with E-state index in [0.717, 1.165) is 12.0 Å². The van der Waals surface area contributed by atoms with Crippen LogP contribution in [0, 0.1) is 0 Å². The summed E-state index contributed by atoms with van der Waals surface area (Å²) in [6.07, 6.45) is 5.95. The van der Waals surface area contributed by atoms with Crippen LogP contribution < -0.4 is 5.73 Å². The molecule has 0 amide bonds. The van der Waals surface area contributed by atoms with Crippen molar-refractivity contribution in [1.82, 2.24) is 0 Å². The predicted molar refractivity (Wildman–Crippen MR) is 57.8 cm³/mol. The number of aliphatic hydroxyl groups excluding tert-OH is 1. The Morgan fingerprint density at radius 1 is 1.43 bits per heavy atom. The molecule has 0 aromatic heterocycles. The van der Waals surface area contributed by atoms with Crippen LogP contribution in [-0.4, -0.2) is 11.7 Å². The Morgan fingerprint density at radius 3 is 3.07 bits per heavy atom. The highest BCUT2D eigenvalue weighted by Crippen LogP contribution is 2.23. The van der Waals surface area contributed by atoms with E-state index in [1.807, 2.05) is 0 Å². The Balaban J connectivity index is 2.23. The molecular formula is C12H15NO. The molecule has 2 heteroatoms. The first-order valence-corrected chi connectivity index (χ1v) is 4.97. The molecule has 1 aromatic carbocycles. The van der Waals surface area contributed by atoms with Crippen LogP contribution in [0.5, 0.6) is 0 Å². The maximum Gasteiger partial charge on any atom is 0.0449 e. The smallest absolute Gasteiger partial charge is 0.0449 e. The molecule has 0 heterocycles. The van der Waals surface area contributed by atoms with E-state index in [1.54, 1.807) is 0 Å². The molecule has 74 valence electrons. The van der Waals surface area contributed by atoms with Gasteiger partial charge in [-0.3, -0.25) is 0 Å². The number of fused-ring (bicyclic) bond motifs is 1. The van der Waals surface area contributed by atoms with Crippen molar-refractivity contribution in [3.05, 3.63) is 41.0 Å². The van der Waals surface area contributed by atoms with Crippen molar-refractivity contribution in [3.8, 4) is 0 Å². The fourth-order valence-corrected chi connectivity index (χ4v) is 1.80. The molecule has 1 atom stereocenters. The van der Waals surface area contributed by atoms with Gasteiger partial charge < -0.3 is 10.8 Å². The minimum atomic E-state index is -0.0423. The van der Waals surface area contributed by atoms with Gasteiger partial charge in [0.25, 0.3) is 0 Å². The quantitative estimate of drug-likeness (QED) is 0.759. The highest BCUT2D eigenvalue weighted by Gasteiger charge is 2.09. The minimum absolute atomic E-state index is 0.0423. The first-order valence-electron chi connectivity index (χ1n) is 4.97. The molecule has 2 nitrogen and oxygen atoms in total. The normalized spacial score (nSPS) is 15.6. The molecule has 0 saturated heterocycles. The predicted octanol–water partition coefficient (Wildman–Crippen LogP) is 1.64. The highest BCUT2D eigenvalue weighted by atomic mass is 16.3. The van der Waals surface area contributed by atoms with Gasteiger partial charge in [0, 0.05) is 12.6 Å². The lowest BCUT2D eigenvalue weighted by Crippen LogP contribution is -2.12. The van der Waals surface area contributed by atoms with E-state index in [1.165, 1.54) is 11.1 Å². The Kier molecular flexibility index (Phi) is 2.66. The SMILES string of the molecule is NC(CCO)c1ccc2c(c1)C=CC2. The molecule has 0 spiro atoms. The fourth-order valence-electron chi connectivity index (χ4n) is 1.80. The van der Waals surface area contributed by atoms with Gasteiger partial charge >= 0.3 is 0 Å². The Hall–Kier alpha value is -1.12. The Bertz CT molecular complexity index is 357. The van der Waals surface area contributed by atoms with Crippen LogP contribution >= 0.6 is 0 Å². The molecule has 1 aliphatic rings. The molecule has 0 aliphatic heterocycles. The van der Waals surface area contributed by atoms with Crippen molar-refractivity contribution in [1.29, 1.82) is 0 Å². The first kappa shape index (κ1) is 9.44. The summed E-state index contributed by atoms with van der Waals surface area (Å²) in [5.41, 5.74) is 9.67. The van der Waals surface area contributed by atoms with Gasteiger partial charge in [-0.1, -0.05) is 24.3 Å². The van der Waals surface area contributed by atoms with Crippen LogP contribution in [0.2, 0.25) is 0 Å². The molecule has 1 aromatic rings. The van der Waals surface area contributed by atoms with E-state index in [-0.39, 0.29) is 12.6 Å². The van der Waals surface area contributed by atoms with E-state index in [9.17, 15) is 0 Å². The van der Waals surface area contributed by atoms with Crippen LogP contribution in [0.3, 0.4) is 0 Å². The van der Waals surface area contributed by atoms with E-state index in [4.69, 9.17) is 10.8 Å². The second-order valence-electron chi connectivity index (χ2n) is 3.68. The van der Waals surface area contributed by atoms with Crippen molar-refractivity contribution < 1.29 is 5.11 Å². The number of hydrogen-bond donors (Lipinski definition) is 2. The molecular weight excluding hydrogens is 174 g/mol. The van der Waals surface area contributed by atoms with Crippen molar-refractivity contribution in [3.63, 3.8) is 0 Å². The summed E-state index contributed by atoms with van der Waals surface area (Å²) in [6.45, 7) is 0.147. The zero-order chi connectivity index (χ0) is 9.97. The van der Waals surface area contributed by atoms with E-state index in [0.29, 0.717) is 6.42 Å². The lowest BCUT2D eigenvalue weighted by Gasteiger charge is -2.11. The molecule has 1 aliphatic carbocycles. The van der Waals surface area contributed by atoms with Gasteiger partial charge in [-0.05, 0) is 35.6 Å². The average molecular weight is 189 g/mol. The van der Waals surface area contributed by atoms with E-state index in [2.05, 4.69) is 30.4 Å². The summed E-state index contributed by atoms with van der Waals surface area (Å²) in [5, 5.41) is 8.80. The number of aliphatic hydroxyl groups is 1. The molecule has 0 radical (unpaired) electrons. The molecule has 3 N–H and O–H groups in total. The van der Waals surface area contributed by atoms with E-state index >= 15 is 0 Å². The number of allylic oxidation sites excluding steroid dienone is 1. The van der Waals surface area contributed by atoms with E-state index < -0.39 is 0 Å². The largest absolute Gasteiger partial charge is 0.396 e. The second kappa shape index (κ2) is 3.95. The third-order valence-electron chi connectivity index (χ3n) is 2.67. The van der Waals surface area contributed by atoms with Gasteiger partial charge in [0.15, 0.2) is 0 Å². The minimum Gasteiger partial charge on any atom is -0.396 e. The van der Waals surface area contributed by atoms with Crippen LogP contribution in [0.4, 0.5) is 0 Å². The maximum atomic E-state index is 8.80. The van der Waals surface area contributed by atoms with Crippen LogP contribution in [-0.2, 0) is 6.42 Å². The summed E-state index contributed by atoms with van der Waals surface area (Å²) >= 11 is 0. The first-order chi connectivity index (χ1) is 6.81. The summed E-state index contributed by atoms with van der Waals surface area (Å²) in [5.74, 6) is 0. The molecule has 0 saturated carbocycles. The third-order valence-corrected chi connectivity index (χ3v) is 2.67. The molecule has 1 unspecified atom stereocenters. The van der Waals surface area contributed by atoms with Crippen molar-refractivity contribution in [2.75, 3.05) is 6.61 Å². The third kappa shape index (κ3) is 1.72. The van der Waals surface area contributed by atoms with Gasteiger partial charge in [-0.25, -0.2) is 0 Å². The Labute approximate surface area is 84.1 Å². The molecule has 2 rings (SSSR count). The zero-order valence-electron chi connectivity index (χ0n) is 8.11. The standard InChI is InChI=1S/C12H15NO/c13-12(6-7-14)11-5-4-9-2-1-3-10(9)8-11/h1,3-5,8,12,14H,2,6-7,13H2.